The molecule has 0 spiro atoms. The zero-order valence-electron chi connectivity index (χ0n) is 19.2. The van der Waals surface area contributed by atoms with Crippen LogP contribution in [0.2, 0.25) is 5.02 Å². The average molecular weight is 499 g/mol. The fourth-order valence-corrected chi connectivity index (χ4v) is 4.25. The molecule has 1 aliphatic rings. The zero-order valence-corrected chi connectivity index (χ0v) is 20.0. The third-order valence-corrected chi connectivity index (χ3v) is 6.00. The van der Waals surface area contributed by atoms with Gasteiger partial charge in [-0.2, -0.15) is 13.2 Å². The highest BCUT2D eigenvalue weighted by Gasteiger charge is 2.43. The van der Waals surface area contributed by atoms with Gasteiger partial charge in [0.2, 0.25) is 5.78 Å². The maximum atomic E-state index is 14.6. The van der Waals surface area contributed by atoms with Crippen LogP contribution in [0, 0.1) is 17.2 Å². The molecule has 2 aromatic rings. The van der Waals surface area contributed by atoms with Crippen LogP contribution in [0.1, 0.15) is 55.1 Å². The summed E-state index contributed by atoms with van der Waals surface area (Å²) in [5.41, 5.74) is 2.13. The van der Waals surface area contributed by atoms with Gasteiger partial charge in [-0.3, -0.25) is 9.59 Å². The first-order valence-corrected chi connectivity index (χ1v) is 11.4. The van der Waals surface area contributed by atoms with Crippen LogP contribution in [-0.2, 0) is 17.8 Å². The molecule has 2 N–H and O–H groups in total. The summed E-state index contributed by atoms with van der Waals surface area (Å²) in [6.07, 6.45) is -4.43. The van der Waals surface area contributed by atoms with Crippen molar-refractivity contribution >= 4 is 34.5 Å². The molecule has 0 fully saturated rings. The first-order valence-electron chi connectivity index (χ1n) is 11.0. The lowest BCUT2D eigenvalue weighted by Gasteiger charge is -2.18. The summed E-state index contributed by atoms with van der Waals surface area (Å²) in [6.45, 7) is 5.78. The first kappa shape index (κ1) is 26.0. The van der Waals surface area contributed by atoms with Gasteiger partial charge >= 0.3 is 6.18 Å². The van der Waals surface area contributed by atoms with Crippen molar-refractivity contribution in [2.45, 2.75) is 52.8 Å². The molecule has 1 unspecified atom stereocenters. The summed E-state index contributed by atoms with van der Waals surface area (Å²) >= 11 is 6.36. The number of ketones is 2. The third-order valence-electron chi connectivity index (χ3n) is 5.69. The van der Waals surface area contributed by atoms with Gasteiger partial charge in [-0.25, -0.2) is 4.39 Å². The van der Waals surface area contributed by atoms with Crippen LogP contribution in [0.4, 0.5) is 28.9 Å². The van der Waals surface area contributed by atoms with E-state index in [0.717, 1.165) is 0 Å². The van der Waals surface area contributed by atoms with E-state index in [1.807, 2.05) is 20.8 Å². The topological polar surface area (TPSA) is 58.2 Å². The van der Waals surface area contributed by atoms with Crippen molar-refractivity contribution < 1.29 is 27.2 Å². The zero-order chi connectivity index (χ0) is 25.3. The molecule has 3 rings (SSSR count). The van der Waals surface area contributed by atoms with E-state index in [2.05, 4.69) is 10.6 Å². The Balaban J connectivity index is 1.75. The van der Waals surface area contributed by atoms with Crippen LogP contribution >= 0.6 is 11.6 Å². The fourth-order valence-electron chi connectivity index (χ4n) is 4.01. The highest BCUT2D eigenvalue weighted by molar-refractivity contribution is 6.33. The van der Waals surface area contributed by atoms with E-state index >= 15 is 0 Å². The number of fused-ring (bicyclic) bond motifs is 1. The largest absolute Gasteiger partial charge is 0.450 e. The molecular weight excluding hydrogens is 472 g/mol. The number of carbonyl (C=O) groups is 2. The number of Topliss-reactive ketones (excluding diaryl/α,β-unsaturated/α-hetero) is 2. The molecule has 0 bridgehead atoms. The second kappa shape index (κ2) is 9.94. The van der Waals surface area contributed by atoms with Gasteiger partial charge in [-0.05, 0) is 53.6 Å². The van der Waals surface area contributed by atoms with Crippen LogP contribution in [0.5, 0.6) is 0 Å². The van der Waals surface area contributed by atoms with Gasteiger partial charge in [0.05, 0.1) is 16.3 Å². The number of alkyl halides is 3. The maximum absolute atomic E-state index is 14.6. The molecule has 9 heteroatoms. The second-order valence-electron chi connectivity index (χ2n) is 9.76. The summed E-state index contributed by atoms with van der Waals surface area (Å²) in [5, 5.41) is 6.43. The smallest absolute Gasteiger partial charge is 0.384 e. The molecule has 34 heavy (non-hydrogen) atoms. The van der Waals surface area contributed by atoms with Crippen molar-refractivity contribution in [3.8, 4) is 0 Å². The van der Waals surface area contributed by atoms with Gasteiger partial charge in [0.15, 0.2) is 5.78 Å². The van der Waals surface area contributed by atoms with Gasteiger partial charge in [0, 0.05) is 31.1 Å². The Labute approximate surface area is 201 Å². The van der Waals surface area contributed by atoms with Crippen LogP contribution in [0.25, 0.3) is 0 Å². The summed E-state index contributed by atoms with van der Waals surface area (Å²) < 4.78 is 53.2. The number of rotatable bonds is 6. The predicted octanol–water partition coefficient (Wildman–Crippen LogP) is 6.82. The lowest BCUT2D eigenvalue weighted by atomic mass is 9.87. The van der Waals surface area contributed by atoms with E-state index in [1.165, 1.54) is 12.1 Å². The van der Waals surface area contributed by atoms with Crippen molar-refractivity contribution in [3.63, 3.8) is 0 Å². The predicted molar refractivity (Wildman–Crippen MR) is 125 cm³/mol. The normalized spacial score (nSPS) is 16.3. The lowest BCUT2D eigenvalue weighted by Crippen LogP contribution is -2.34. The molecule has 0 saturated carbocycles. The van der Waals surface area contributed by atoms with Gasteiger partial charge in [-0.15, -0.1) is 0 Å². The van der Waals surface area contributed by atoms with Crippen molar-refractivity contribution in [1.29, 1.82) is 0 Å². The number of hydrogen-bond donors (Lipinski definition) is 2. The Morgan fingerprint density at radius 3 is 2.47 bits per heavy atom. The number of nitrogens with one attached hydrogen (secondary N) is 2. The molecule has 4 nitrogen and oxygen atoms in total. The van der Waals surface area contributed by atoms with E-state index in [1.54, 1.807) is 18.2 Å². The van der Waals surface area contributed by atoms with Gasteiger partial charge < -0.3 is 10.6 Å². The molecule has 0 radical (unpaired) electrons. The van der Waals surface area contributed by atoms with E-state index < -0.39 is 23.7 Å². The minimum Gasteiger partial charge on any atom is -0.384 e. The van der Waals surface area contributed by atoms with Crippen LogP contribution in [0.3, 0.4) is 0 Å². The van der Waals surface area contributed by atoms with Crippen molar-refractivity contribution in [1.82, 2.24) is 0 Å². The number of hydrogen-bond acceptors (Lipinski definition) is 4. The monoisotopic (exact) mass is 498 g/mol. The maximum Gasteiger partial charge on any atom is 0.450 e. The van der Waals surface area contributed by atoms with Crippen molar-refractivity contribution in [3.05, 3.63) is 57.9 Å². The van der Waals surface area contributed by atoms with Crippen molar-refractivity contribution in [2.75, 3.05) is 17.2 Å². The van der Waals surface area contributed by atoms with Gasteiger partial charge in [-0.1, -0.05) is 38.4 Å². The summed E-state index contributed by atoms with van der Waals surface area (Å²) in [6, 6.07) is 7.67. The summed E-state index contributed by atoms with van der Waals surface area (Å²) in [4.78, 5) is 24.1. The average Bonchev–Trinajstić information content (AvgIpc) is 2.93. The standard InChI is InChI=1S/C25H27ClF4N2O2/c1-24(2,3)11-21(33)16-6-4-14(10-19(16)27)12-32-22-17-7-5-15(23(34)25(28,29)30)13-31-20(17)9-8-18(22)26/h4,6,8-10,15,31-32H,5,7,11-13H2,1-3H3. The number of halogens is 5. The molecule has 2 aromatic carbocycles. The first-order chi connectivity index (χ1) is 15.8. The minimum absolute atomic E-state index is 0.0204. The molecule has 184 valence electrons. The number of carbonyl (C=O) groups excluding carboxylic acids is 2. The minimum atomic E-state index is -4.88. The van der Waals surface area contributed by atoms with Crippen LogP contribution in [-0.4, -0.2) is 24.3 Å². The molecule has 0 saturated heterocycles. The fraction of sp³-hybridized carbons (Fsp3) is 0.440. The Morgan fingerprint density at radius 2 is 1.85 bits per heavy atom. The molecule has 1 aliphatic heterocycles. The SMILES string of the molecule is CC(C)(C)CC(=O)c1ccc(CNc2c(Cl)ccc3c2CCC(C(=O)C(F)(F)F)CN3)cc1F. The number of benzene rings is 2. The molecule has 1 heterocycles. The Bertz CT molecular complexity index is 1090. The second-order valence-corrected chi connectivity index (χ2v) is 10.2. The molecule has 1 atom stereocenters. The highest BCUT2D eigenvalue weighted by atomic mass is 35.5. The quantitative estimate of drug-likeness (QED) is 0.339. The van der Waals surface area contributed by atoms with Gasteiger partial charge in [0.25, 0.3) is 0 Å². The third kappa shape index (κ3) is 6.29. The van der Waals surface area contributed by atoms with E-state index in [4.69, 9.17) is 11.6 Å². The van der Waals surface area contributed by atoms with Crippen molar-refractivity contribution in [2.24, 2.45) is 11.3 Å². The highest BCUT2D eigenvalue weighted by Crippen LogP contribution is 2.37. The van der Waals surface area contributed by atoms with E-state index in [9.17, 15) is 27.2 Å². The molecule has 0 amide bonds. The van der Waals surface area contributed by atoms with Crippen LogP contribution in [0.15, 0.2) is 30.3 Å². The molecular formula is C25H27ClF4N2O2. The van der Waals surface area contributed by atoms with Gasteiger partial charge in [0.1, 0.15) is 5.82 Å². The Kier molecular flexibility index (Phi) is 7.60. The van der Waals surface area contributed by atoms with Crippen LogP contribution < -0.4 is 10.6 Å². The summed E-state index contributed by atoms with van der Waals surface area (Å²) in [7, 11) is 0. The lowest BCUT2D eigenvalue weighted by molar-refractivity contribution is -0.175. The Morgan fingerprint density at radius 1 is 1.15 bits per heavy atom. The number of anilines is 2. The molecule has 0 aliphatic carbocycles. The Hall–Kier alpha value is -2.61. The summed E-state index contributed by atoms with van der Waals surface area (Å²) in [5.74, 6) is -3.81. The van der Waals surface area contributed by atoms with E-state index in [-0.39, 0.29) is 49.1 Å². The van der Waals surface area contributed by atoms with E-state index in [0.29, 0.717) is 27.5 Å². The molecule has 0 aromatic heterocycles.